The van der Waals surface area contributed by atoms with Gasteiger partial charge in [-0.05, 0) is 48.9 Å². The maximum Gasteiger partial charge on any atom is 0.312 e. The van der Waals surface area contributed by atoms with Crippen molar-refractivity contribution in [2.75, 3.05) is 13.7 Å². The summed E-state index contributed by atoms with van der Waals surface area (Å²) in [6.45, 7) is 7.74. The summed E-state index contributed by atoms with van der Waals surface area (Å²) >= 11 is 0. The van der Waals surface area contributed by atoms with Gasteiger partial charge in [-0.15, -0.1) is 0 Å². The predicted octanol–water partition coefficient (Wildman–Crippen LogP) is 2.89. The summed E-state index contributed by atoms with van der Waals surface area (Å²) in [6.07, 6.45) is 3.67. The van der Waals surface area contributed by atoms with Crippen LogP contribution in [0.2, 0.25) is 0 Å². The Kier molecular flexibility index (Phi) is 7.08. The molecule has 0 radical (unpaired) electrons. The number of esters is 2. The van der Waals surface area contributed by atoms with Crippen molar-refractivity contribution in [3.8, 4) is 0 Å². The Balaban J connectivity index is 1.44. The van der Waals surface area contributed by atoms with Crippen molar-refractivity contribution in [2.45, 2.75) is 97.3 Å². The Morgan fingerprint density at radius 3 is 2.29 bits per heavy atom. The second-order valence-electron chi connectivity index (χ2n) is 12.5. The van der Waals surface area contributed by atoms with Crippen molar-refractivity contribution >= 4 is 23.6 Å². The van der Waals surface area contributed by atoms with Crippen molar-refractivity contribution in [1.29, 1.82) is 0 Å². The van der Waals surface area contributed by atoms with Crippen LogP contribution in [0.3, 0.4) is 0 Å². The number of likely N-dealkylation sites (tertiary alicyclic amines) is 1. The first kappa shape index (κ1) is 26.1. The fraction of sp³-hybridized carbons (Fsp3) is 0.852. The van der Waals surface area contributed by atoms with Crippen molar-refractivity contribution in [1.82, 2.24) is 4.90 Å². The molecule has 8 heteroatoms. The summed E-state index contributed by atoms with van der Waals surface area (Å²) in [5.74, 6) is -0.492. The standard InChI is InChI=1S/C27H41NO7/c1-6-17-12-27(17,25(33)34-5)13-22(30)21-10-18(29)14-28(21)24(32)20(26(2,3)4)11-23(31)35-19-8-15-7-16(15)9-19/h15-21,29H,6-14H2,1-5H3/t15-,16+,17-,18-,19?,20-,21+,27?/m1/s1. The number of aliphatic hydroxyl groups is 1. The number of aliphatic hydroxyl groups excluding tert-OH is 1. The van der Waals surface area contributed by atoms with E-state index in [0.717, 1.165) is 19.3 Å². The fourth-order valence-corrected chi connectivity index (χ4v) is 6.57. The van der Waals surface area contributed by atoms with Gasteiger partial charge in [0.05, 0.1) is 37.0 Å². The molecule has 1 saturated heterocycles. The van der Waals surface area contributed by atoms with Crippen molar-refractivity contribution in [2.24, 2.45) is 34.5 Å². The SMILES string of the molecule is CC[C@@H]1CC1(CC(=O)[C@@H]1C[C@@H](O)CN1C(=O)[C@@H](CC(=O)OC1C[C@@H]2C[C@@H]2C1)C(C)(C)C)C(=O)OC. The third-order valence-electron chi connectivity index (χ3n) is 8.95. The van der Waals surface area contributed by atoms with E-state index in [4.69, 9.17) is 9.47 Å². The molecule has 1 aliphatic heterocycles. The molecule has 8 nitrogen and oxygen atoms in total. The first-order chi connectivity index (χ1) is 16.4. The van der Waals surface area contributed by atoms with E-state index in [9.17, 15) is 24.3 Å². The van der Waals surface area contributed by atoms with Gasteiger partial charge in [-0.3, -0.25) is 19.2 Å². The lowest BCUT2D eigenvalue weighted by molar-refractivity contribution is -0.157. The van der Waals surface area contributed by atoms with Crippen LogP contribution in [0.4, 0.5) is 0 Å². The molecule has 1 heterocycles. The highest BCUT2D eigenvalue weighted by atomic mass is 16.5. The van der Waals surface area contributed by atoms with E-state index in [1.807, 2.05) is 27.7 Å². The molecule has 0 bridgehead atoms. The molecule has 35 heavy (non-hydrogen) atoms. The van der Waals surface area contributed by atoms with Crippen LogP contribution >= 0.6 is 0 Å². The molecule has 0 aromatic heterocycles. The third-order valence-corrected chi connectivity index (χ3v) is 8.95. The number of carbonyl (C=O) groups is 4. The predicted molar refractivity (Wildman–Crippen MR) is 127 cm³/mol. The van der Waals surface area contributed by atoms with Crippen LogP contribution in [0, 0.1) is 34.5 Å². The summed E-state index contributed by atoms with van der Waals surface area (Å²) in [7, 11) is 1.33. The first-order valence-electron chi connectivity index (χ1n) is 13.2. The number of carbonyl (C=O) groups excluding carboxylic acids is 4. The molecule has 3 aliphatic carbocycles. The van der Waals surface area contributed by atoms with Gasteiger partial charge in [0.15, 0.2) is 5.78 Å². The molecule has 4 fully saturated rings. The van der Waals surface area contributed by atoms with Crippen molar-refractivity contribution < 1.29 is 33.8 Å². The highest BCUT2D eigenvalue weighted by Gasteiger charge is 2.61. The second-order valence-corrected chi connectivity index (χ2v) is 12.5. The van der Waals surface area contributed by atoms with E-state index in [-0.39, 0.29) is 61.5 Å². The zero-order chi connectivity index (χ0) is 25.7. The maximum atomic E-state index is 13.7. The lowest BCUT2D eigenvalue weighted by atomic mass is 9.77. The summed E-state index contributed by atoms with van der Waals surface area (Å²) in [5.41, 5.74) is -1.36. The smallest absolute Gasteiger partial charge is 0.312 e. The average molecular weight is 492 g/mol. The van der Waals surface area contributed by atoms with Gasteiger partial charge in [0, 0.05) is 19.4 Å². The summed E-state index contributed by atoms with van der Waals surface area (Å²) in [5, 5.41) is 10.4. The van der Waals surface area contributed by atoms with Crippen LogP contribution in [0.5, 0.6) is 0 Å². The summed E-state index contributed by atoms with van der Waals surface area (Å²) < 4.78 is 10.7. The number of hydrogen-bond acceptors (Lipinski definition) is 7. The first-order valence-corrected chi connectivity index (χ1v) is 13.2. The van der Waals surface area contributed by atoms with E-state index >= 15 is 0 Å². The van der Waals surface area contributed by atoms with Crippen molar-refractivity contribution in [3.05, 3.63) is 0 Å². The maximum absolute atomic E-state index is 13.7. The molecule has 4 aliphatic rings. The van der Waals surface area contributed by atoms with Gasteiger partial charge in [0.2, 0.25) is 5.91 Å². The van der Waals surface area contributed by atoms with E-state index < -0.39 is 28.9 Å². The second kappa shape index (κ2) is 9.49. The minimum atomic E-state index is -0.821. The number of β-amino-alcohol motifs (C(OH)–C–C–N with tert-alkyl or cyclic N) is 1. The van der Waals surface area contributed by atoms with Crippen LogP contribution in [0.15, 0.2) is 0 Å². The van der Waals surface area contributed by atoms with Gasteiger partial charge in [-0.1, -0.05) is 34.1 Å². The zero-order valence-corrected chi connectivity index (χ0v) is 21.7. The lowest BCUT2D eigenvalue weighted by Crippen LogP contribution is -2.48. The topological polar surface area (TPSA) is 110 Å². The van der Waals surface area contributed by atoms with E-state index in [1.54, 1.807) is 0 Å². The normalized spacial score (nSPS) is 36.3. The highest BCUT2D eigenvalue weighted by molar-refractivity contribution is 5.95. The van der Waals surface area contributed by atoms with Gasteiger partial charge >= 0.3 is 11.9 Å². The van der Waals surface area contributed by atoms with Crippen LogP contribution in [-0.2, 0) is 28.7 Å². The van der Waals surface area contributed by atoms with E-state index in [0.29, 0.717) is 18.3 Å². The fourth-order valence-electron chi connectivity index (χ4n) is 6.57. The molecule has 8 atom stereocenters. The highest BCUT2D eigenvalue weighted by Crippen LogP contribution is 2.58. The zero-order valence-electron chi connectivity index (χ0n) is 21.7. The Hall–Kier alpha value is -1.96. The number of nitrogens with zero attached hydrogens (tertiary/aromatic N) is 1. The number of rotatable bonds is 9. The molecule has 1 amide bonds. The monoisotopic (exact) mass is 491 g/mol. The van der Waals surface area contributed by atoms with E-state index in [2.05, 4.69) is 0 Å². The molecule has 2 unspecified atom stereocenters. The van der Waals surface area contributed by atoms with Gasteiger partial charge in [-0.2, -0.15) is 0 Å². The molecule has 196 valence electrons. The van der Waals surface area contributed by atoms with E-state index in [1.165, 1.54) is 18.4 Å². The number of Topliss-reactive ketones (excluding diaryl/α,β-unsaturated/α-hetero) is 1. The molecular formula is C27H41NO7. The van der Waals surface area contributed by atoms with Crippen LogP contribution < -0.4 is 0 Å². The summed E-state index contributed by atoms with van der Waals surface area (Å²) in [4.78, 5) is 53.8. The number of fused-ring (bicyclic) bond motifs is 1. The molecule has 1 N–H and O–H groups in total. The quantitative estimate of drug-likeness (QED) is 0.494. The van der Waals surface area contributed by atoms with Crippen LogP contribution in [0.25, 0.3) is 0 Å². The number of ether oxygens (including phenoxy) is 2. The number of ketones is 1. The van der Waals surface area contributed by atoms with Gasteiger partial charge < -0.3 is 19.5 Å². The average Bonchev–Trinajstić information content (AvgIpc) is 3.60. The third kappa shape index (κ3) is 5.27. The minimum absolute atomic E-state index is 0.00554. The largest absolute Gasteiger partial charge is 0.469 e. The summed E-state index contributed by atoms with van der Waals surface area (Å²) in [6, 6.07) is -0.806. The minimum Gasteiger partial charge on any atom is -0.469 e. The molecule has 0 aromatic rings. The number of methoxy groups -OCH3 is 1. The van der Waals surface area contributed by atoms with Crippen LogP contribution in [-0.4, -0.2) is 65.5 Å². The van der Waals surface area contributed by atoms with Gasteiger partial charge in [0.1, 0.15) is 6.10 Å². The lowest BCUT2D eigenvalue weighted by Gasteiger charge is -2.35. The van der Waals surface area contributed by atoms with Gasteiger partial charge in [0.25, 0.3) is 0 Å². The Bertz CT molecular complexity index is 869. The van der Waals surface area contributed by atoms with Crippen molar-refractivity contribution in [3.63, 3.8) is 0 Å². The molecule has 3 saturated carbocycles. The molecular weight excluding hydrogens is 450 g/mol. The van der Waals surface area contributed by atoms with Crippen LogP contribution in [0.1, 0.15) is 79.1 Å². The Morgan fingerprint density at radius 2 is 1.74 bits per heavy atom. The number of amides is 1. The van der Waals surface area contributed by atoms with Gasteiger partial charge in [-0.25, -0.2) is 0 Å². The molecule has 0 spiro atoms. The molecule has 4 rings (SSSR count). The number of hydrogen-bond donors (Lipinski definition) is 1. The Labute approximate surface area is 208 Å². The molecule has 0 aromatic carbocycles. The Morgan fingerprint density at radius 1 is 1.09 bits per heavy atom.